The molecule has 0 radical (unpaired) electrons. The Labute approximate surface area is 116 Å². The first-order valence-corrected chi connectivity index (χ1v) is 7.43. The summed E-state index contributed by atoms with van der Waals surface area (Å²) in [4.78, 5) is 11.3. The lowest BCUT2D eigenvalue weighted by atomic mass is 9.95. The lowest BCUT2D eigenvalue weighted by Crippen LogP contribution is -2.23. The Bertz CT molecular complexity index is 417. The van der Waals surface area contributed by atoms with Crippen LogP contribution in [0.15, 0.2) is 6.33 Å². The molecule has 0 aromatic carbocycles. The van der Waals surface area contributed by atoms with Gasteiger partial charge in [0.1, 0.15) is 18.0 Å². The maximum absolute atomic E-state index is 4.50. The summed E-state index contributed by atoms with van der Waals surface area (Å²) in [5, 5.41) is 3.38. The van der Waals surface area contributed by atoms with Crippen LogP contribution in [0.4, 0.5) is 11.6 Å². The van der Waals surface area contributed by atoms with E-state index in [-0.39, 0.29) is 0 Å². The van der Waals surface area contributed by atoms with Crippen LogP contribution in [0.2, 0.25) is 0 Å². The fraction of sp³-hybridized carbons (Fsp3) is 0.733. The van der Waals surface area contributed by atoms with Crippen LogP contribution in [0.25, 0.3) is 0 Å². The molecule has 0 aliphatic carbocycles. The molecule has 1 aliphatic rings. The molecule has 2 heterocycles. The highest BCUT2D eigenvalue weighted by Crippen LogP contribution is 2.30. The minimum atomic E-state index is 0.754. The maximum atomic E-state index is 4.50. The summed E-state index contributed by atoms with van der Waals surface area (Å²) in [6.45, 7) is 12.1. The molecule has 1 fully saturated rings. The zero-order valence-electron chi connectivity index (χ0n) is 12.6. The summed E-state index contributed by atoms with van der Waals surface area (Å²) in [6, 6.07) is 0. The monoisotopic (exact) mass is 262 g/mol. The molecule has 1 aliphatic heterocycles. The number of hydrogen-bond acceptors (Lipinski definition) is 4. The summed E-state index contributed by atoms with van der Waals surface area (Å²) in [5.74, 6) is 3.64. The van der Waals surface area contributed by atoms with Crippen molar-refractivity contribution in [2.75, 3.05) is 29.9 Å². The fourth-order valence-electron chi connectivity index (χ4n) is 2.71. The zero-order chi connectivity index (χ0) is 13.8. The molecule has 19 heavy (non-hydrogen) atoms. The second kappa shape index (κ2) is 6.22. The molecule has 1 atom stereocenters. The van der Waals surface area contributed by atoms with Crippen LogP contribution in [0, 0.1) is 18.8 Å². The van der Waals surface area contributed by atoms with E-state index in [1.165, 1.54) is 12.0 Å². The van der Waals surface area contributed by atoms with Crippen LogP contribution in [0.5, 0.6) is 0 Å². The predicted molar refractivity (Wildman–Crippen MR) is 80.7 cm³/mol. The highest BCUT2D eigenvalue weighted by molar-refractivity contribution is 5.58. The largest absolute Gasteiger partial charge is 0.370 e. The number of rotatable bonds is 5. The molecule has 0 bridgehead atoms. The van der Waals surface area contributed by atoms with Crippen molar-refractivity contribution < 1.29 is 0 Å². The molecule has 1 N–H and O–H groups in total. The molecule has 4 nitrogen and oxygen atoms in total. The van der Waals surface area contributed by atoms with Crippen LogP contribution in [-0.4, -0.2) is 29.6 Å². The number of aromatic nitrogens is 2. The van der Waals surface area contributed by atoms with E-state index in [9.17, 15) is 0 Å². The number of hydrogen-bond donors (Lipinski definition) is 1. The Morgan fingerprint density at radius 2 is 2.21 bits per heavy atom. The first-order valence-electron chi connectivity index (χ1n) is 7.43. The van der Waals surface area contributed by atoms with Gasteiger partial charge in [-0.2, -0.15) is 0 Å². The molecule has 1 saturated heterocycles. The first-order chi connectivity index (χ1) is 9.13. The van der Waals surface area contributed by atoms with Crippen molar-refractivity contribution in [3.05, 3.63) is 11.9 Å². The summed E-state index contributed by atoms with van der Waals surface area (Å²) in [5.41, 5.74) is 1.18. The summed E-state index contributed by atoms with van der Waals surface area (Å²) in [6.07, 6.45) is 4.07. The van der Waals surface area contributed by atoms with Gasteiger partial charge in [-0.1, -0.05) is 20.8 Å². The Kier molecular flexibility index (Phi) is 4.61. The third kappa shape index (κ3) is 3.17. The van der Waals surface area contributed by atoms with Gasteiger partial charge in [-0.15, -0.1) is 0 Å². The zero-order valence-corrected chi connectivity index (χ0v) is 12.6. The van der Waals surface area contributed by atoms with Gasteiger partial charge in [-0.3, -0.25) is 0 Å². The Hall–Kier alpha value is -1.32. The van der Waals surface area contributed by atoms with Gasteiger partial charge in [0.2, 0.25) is 0 Å². The molecular formula is C15H26N4. The quantitative estimate of drug-likeness (QED) is 0.885. The van der Waals surface area contributed by atoms with E-state index in [1.54, 1.807) is 6.33 Å². The second-order valence-electron chi connectivity index (χ2n) is 5.84. The van der Waals surface area contributed by atoms with Gasteiger partial charge in [-0.25, -0.2) is 9.97 Å². The smallest absolute Gasteiger partial charge is 0.137 e. The summed E-state index contributed by atoms with van der Waals surface area (Å²) < 4.78 is 0. The van der Waals surface area contributed by atoms with E-state index in [2.05, 4.69) is 47.9 Å². The van der Waals surface area contributed by atoms with E-state index in [0.717, 1.165) is 49.5 Å². The normalized spacial score (nSPS) is 19.2. The SMILES string of the molecule is CCCNc1ncnc(N2CCC(C(C)C)C2)c1C. The maximum Gasteiger partial charge on any atom is 0.137 e. The highest BCUT2D eigenvalue weighted by Gasteiger charge is 2.27. The average molecular weight is 262 g/mol. The van der Waals surface area contributed by atoms with E-state index in [4.69, 9.17) is 0 Å². The van der Waals surface area contributed by atoms with Gasteiger partial charge in [-0.05, 0) is 31.6 Å². The Morgan fingerprint density at radius 1 is 1.42 bits per heavy atom. The molecule has 1 unspecified atom stereocenters. The van der Waals surface area contributed by atoms with Crippen LogP contribution in [0.3, 0.4) is 0 Å². The van der Waals surface area contributed by atoms with Gasteiger partial charge >= 0.3 is 0 Å². The van der Waals surface area contributed by atoms with E-state index in [0.29, 0.717) is 0 Å². The third-order valence-corrected chi connectivity index (χ3v) is 4.07. The topological polar surface area (TPSA) is 41.1 Å². The minimum Gasteiger partial charge on any atom is -0.370 e. The molecule has 106 valence electrons. The van der Waals surface area contributed by atoms with E-state index in [1.807, 2.05) is 0 Å². The van der Waals surface area contributed by atoms with Crippen molar-refractivity contribution in [1.82, 2.24) is 9.97 Å². The minimum absolute atomic E-state index is 0.754. The molecule has 0 spiro atoms. The third-order valence-electron chi connectivity index (χ3n) is 4.07. The van der Waals surface area contributed by atoms with Crippen molar-refractivity contribution in [3.63, 3.8) is 0 Å². The standard InChI is InChI=1S/C15H26N4/c1-5-7-16-14-12(4)15(18-10-17-14)19-8-6-13(9-19)11(2)3/h10-11,13H,5-9H2,1-4H3,(H,16,17,18). The van der Waals surface area contributed by atoms with E-state index >= 15 is 0 Å². The van der Waals surface area contributed by atoms with Crippen LogP contribution in [0.1, 0.15) is 39.2 Å². The molecule has 0 amide bonds. The number of nitrogens with one attached hydrogen (secondary N) is 1. The molecule has 1 aromatic rings. The Balaban J connectivity index is 2.12. The average Bonchev–Trinajstić information content (AvgIpc) is 2.87. The highest BCUT2D eigenvalue weighted by atomic mass is 15.2. The first kappa shape index (κ1) is 14.1. The number of anilines is 2. The van der Waals surface area contributed by atoms with Gasteiger partial charge in [0.15, 0.2) is 0 Å². The fourth-order valence-corrected chi connectivity index (χ4v) is 2.71. The van der Waals surface area contributed by atoms with Gasteiger partial charge in [0, 0.05) is 25.2 Å². The molecular weight excluding hydrogens is 236 g/mol. The Morgan fingerprint density at radius 3 is 2.84 bits per heavy atom. The lowest BCUT2D eigenvalue weighted by molar-refractivity contribution is 0.422. The van der Waals surface area contributed by atoms with Crippen LogP contribution >= 0.6 is 0 Å². The molecule has 1 aromatic heterocycles. The predicted octanol–water partition coefficient (Wildman–Crippen LogP) is 3.09. The van der Waals surface area contributed by atoms with Crippen molar-refractivity contribution in [1.29, 1.82) is 0 Å². The lowest BCUT2D eigenvalue weighted by Gasteiger charge is -2.21. The van der Waals surface area contributed by atoms with Crippen molar-refractivity contribution >= 4 is 11.6 Å². The molecule has 2 rings (SSSR count). The van der Waals surface area contributed by atoms with Crippen molar-refractivity contribution in [2.45, 2.75) is 40.5 Å². The van der Waals surface area contributed by atoms with Crippen LogP contribution < -0.4 is 10.2 Å². The molecule has 4 heteroatoms. The van der Waals surface area contributed by atoms with Gasteiger partial charge in [0.05, 0.1) is 0 Å². The van der Waals surface area contributed by atoms with Gasteiger partial charge < -0.3 is 10.2 Å². The summed E-state index contributed by atoms with van der Waals surface area (Å²) >= 11 is 0. The van der Waals surface area contributed by atoms with Crippen molar-refractivity contribution in [3.8, 4) is 0 Å². The number of nitrogens with zero attached hydrogens (tertiary/aromatic N) is 3. The van der Waals surface area contributed by atoms with E-state index < -0.39 is 0 Å². The van der Waals surface area contributed by atoms with Crippen LogP contribution in [-0.2, 0) is 0 Å². The summed E-state index contributed by atoms with van der Waals surface area (Å²) in [7, 11) is 0. The van der Waals surface area contributed by atoms with Gasteiger partial charge in [0.25, 0.3) is 0 Å². The molecule has 0 saturated carbocycles. The second-order valence-corrected chi connectivity index (χ2v) is 5.84. The van der Waals surface area contributed by atoms with Crippen molar-refractivity contribution in [2.24, 2.45) is 11.8 Å².